The van der Waals surface area contributed by atoms with Gasteiger partial charge in [-0.2, -0.15) is 0 Å². The van der Waals surface area contributed by atoms with Gasteiger partial charge in [0, 0.05) is 5.69 Å². The molecular formula is C27H19NO3. The Morgan fingerprint density at radius 1 is 0.710 bits per heavy atom. The van der Waals surface area contributed by atoms with E-state index in [0.717, 1.165) is 17.5 Å². The van der Waals surface area contributed by atoms with Gasteiger partial charge in [0.2, 0.25) is 0 Å². The van der Waals surface area contributed by atoms with Crippen LogP contribution in [0.15, 0.2) is 91.0 Å². The summed E-state index contributed by atoms with van der Waals surface area (Å²) in [7, 11) is 0. The van der Waals surface area contributed by atoms with E-state index in [9.17, 15) is 14.7 Å². The Balaban J connectivity index is 1.52. The second-order valence-corrected chi connectivity index (χ2v) is 7.56. The number of carboxylic acids is 1. The highest BCUT2D eigenvalue weighted by atomic mass is 16.4. The number of carboxylic acid groups (broad SMARTS) is 1. The zero-order chi connectivity index (χ0) is 21.4. The summed E-state index contributed by atoms with van der Waals surface area (Å²) in [5.74, 6) is -1.57. The lowest BCUT2D eigenvalue weighted by molar-refractivity contribution is 0.0692. The summed E-state index contributed by atoms with van der Waals surface area (Å²) in [6.07, 6.45) is 0.816. The van der Waals surface area contributed by atoms with Crippen LogP contribution in [-0.2, 0) is 6.42 Å². The number of carbonyl (C=O) groups is 2. The van der Waals surface area contributed by atoms with Crippen LogP contribution in [0.25, 0.3) is 22.3 Å². The number of benzene rings is 4. The summed E-state index contributed by atoms with van der Waals surface area (Å²) in [6, 6.07) is 28.4. The third kappa shape index (κ3) is 3.38. The van der Waals surface area contributed by atoms with Gasteiger partial charge in [0.15, 0.2) is 0 Å². The monoisotopic (exact) mass is 405 g/mol. The molecule has 0 spiro atoms. The summed E-state index contributed by atoms with van der Waals surface area (Å²) >= 11 is 0. The van der Waals surface area contributed by atoms with Gasteiger partial charge in [-0.15, -0.1) is 0 Å². The molecular weight excluding hydrogens is 386 g/mol. The molecule has 0 atom stereocenters. The molecule has 31 heavy (non-hydrogen) atoms. The van der Waals surface area contributed by atoms with Crippen molar-refractivity contribution in [3.8, 4) is 22.3 Å². The zero-order valence-corrected chi connectivity index (χ0v) is 16.6. The molecule has 1 amide bonds. The van der Waals surface area contributed by atoms with E-state index in [4.69, 9.17) is 0 Å². The van der Waals surface area contributed by atoms with Crippen molar-refractivity contribution < 1.29 is 14.7 Å². The number of hydrogen-bond acceptors (Lipinski definition) is 2. The lowest BCUT2D eigenvalue weighted by Gasteiger charge is -2.14. The standard InChI is InChI=1S/C27H19NO3/c29-26(25-23(17-7-2-1-3-8-17)11-6-12-24(25)27(30)31)28-20-13-14-22-19(16-20)15-18-9-4-5-10-21(18)22/h1-14,16H,15H2,(H,28,29)(H,30,31). The molecule has 0 unspecified atom stereocenters. The number of nitrogens with one attached hydrogen (secondary N) is 1. The smallest absolute Gasteiger partial charge is 0.336 e. The van der Waals surface area contributed by atoms with E-state index in [2.05, 4.69) is 17.4 Å². The largest absolute Gasteiger partial charge is 0.478 e. The topological polar surface area (TPSA) is 66.4 Å². The lowest BCUT2D eigenvalue weighted by Crippen LogP contribution is -2.18. The average Bonchev–Trinajstić information content (AvgIpc) is 3.16. The Morgan fingerprint density at radius 3 is 2.23 bits per heavy atom. The zero-order valence-electron chi connectivity index (χ0n) is 16.6. The molecule has 0 saturated carbocycles. The number of hydrogen-bond donors (Lipinski definition) is 2. The highest BCUT2D eigenvalue weighted by molar-refractivity contribution is 6.14. The fraction of sp³-hybridized carbons (Fsp3) is 0.0370. The highest BCUT2D eigenvalue weighted by Crippen LogP contribution is 2.38. The Bertz CT molecular complexity index is 1330. The normalized spacial score (nSPS) is 11.5. The van der Waals surface area contributed by atoms with Crippen molar-refractivity contribution in [1.29, 1.82) is 0 Å². The van der Waals surface area contributed by atoms with E-state index in [-0.39, 0.29) is 11.1 Å². The van der Waals surface area contributed by atoms with Crippen molar-refractivity contribution in [2.75, 3.05) is 5.32 Å². The quantitative estimate of drug-likeness (QED) is 0.393. The maximum atomic E-state index is 13.3. The number of amides is 1. The molecule has 2 N–H and O–H groups in total. The molecule has 0 fully saturated rings. The number of aromatic carboxylic acids is 1. The van der Waals surface area contributed by atoms with Gasteiger partial charge in [-0.25, -0.2) is 4.79 Å². The van der Waals surface area contributed by atoms with E-state index in [1.807, 2.05) is 60.7 Å². The van der Waals surface area contributed by atoms with Gasteiger partial charge in [-0.3, -0.25) is 4.79 Å². The van der Waals surface area contributed by atoms with Gasteiger partial charge in [0.25, 0.3) is 5.91 Å². The van der Waals surface area contributed by atoms with Gasteiger partial charge in [0.05, 0.1) is 11.1 Å². The minimum atomic E-state index is -1.13. The number of carbonyl (C=O) groups excluding carboxylic acids is 1. The third-order valence-electron chi connectivity index (χ3n) is 5.66. The van der Waals surface area contributed by atoms with Crippen LogP contribution in [-0.4, -0.2) is 17.0 Å². The molecule has 0 aromatic heterocycles. The van der Waals surface area contributed by atoms with Crippen molar-refractivity contribution in [1.82, 2.24) is 0 Å². The molecule has 4 aromatic rings. The minimum absolute atomic E-state index is 0.0209. The van der Waals surface area contributed by atoms with Crippen LogP contribution in [0.2, 0.25) is 0 Å². The predicted molar refractivity (Wildman–Crippen MR) is 121 cm³/mol. The van der Waals surface area contributed by atoms with Crippen LogP contribution in [0, 0.1) is 0 Å². The molecule has 4 heteroatoms. The van der Waals surface area contributed by atoms with E-state index >= 15 is 0 Å². The first kappa shape index (κ1) is 18.8. The Labute approximate surface area is 179 Å². The maximum Gasteiger partial charge on any atom is 0.336 e. The Hall–Kier alpha value is -4.18. The molecule has 5 rings (SSSR count). The first-order valence-electron chi connectivity index (χ1n) is 10.1. The Morgan fingerprint density at radius 2 is 1.42 bits per heavy atom. The SMILES string of the molecule is O=C(O)c1cccc(-c2ccccc2)c1C(=O)Nc1ccc2c(c1)Cc1ccccc1-2. The first-order chi connectivity index (χ1) is 15.1. The molecule has 0 heterocycles. The molecule has 1 aliphatic rings. The highest BCUT2D eigenvalue weighted by Gasteiger charge is 2.23. The molecule has 0 saturated heterocycles. The van der Waals surface area contributed by atoms with E-state index in [1.165, 1.54) is 22.8 Å². The molecule has 0 aliphatic heterocycles. The van der Waals surface area contributed by atoms with Crippen LogP contribution in [0.4, 0.5) is 5.69 Å². The third-order valence-corrected chi connectivity index (χ3v) is 5.66. The molecule has 0 bridgehead atoms. The molecule has 150 valence electrons. The summed E-state index contributed by atoms with van der Waals surface area (Å²) < 4.78 is 0. The molecule has 1 aliphatic carbocycles. The number of fused-ring (bicyclic) bond motifs is 3. The second kappa shape index (κ2) is 7.58. The molecule has 4 aromatic carbocycles. The summed E-state index contributed by atoms with van der Waals surface area (Å²) in [6.45, 7) is 0. The van der Waals surface area contributed by atoms with Crippen molar-refractivity contribution in [2.24, 2.45) is 0 Å². The van der Waals surface area contributed by atoms with Crippen LogP contribution in [0.3, 0.4) is 0 Å². The average molecular weight is 405 g/mol. The van der Waals surface area contributed by atoms with Crippen molar-refractivity contribution >= 4 is 17.6 Å². The second-order valence-electron chi connectivity index (χ2n) is 7.56. The fourth-order valence-electron chi connectivity index (χ4n) is 4.25. The summed E-state index contributed by atoms with van der Waals surface area (Å²) in [5.41, 5.74) is 6.97. The first-order valence-corrected chi connectivity index (χ1v) is 10.1. The van der Waals surface area contributed by atoms with Gasteiger partial charge < -0.3 is 10.4 Å². The van der Waals surface area contributed by atoms with Gasteiger partial charge >= 0.3 is 5.97 Å². The summed E-state index contributed by atoms with van der Waals surface area (Å²) in [4.78, 5) is 25.1. The lowest BCUT2D eigenvalue weighted by atomic mass is 9.94. The molecule has 0 radical (unpaired) electrons. The van der Waals surface area contributed by atoms with E-state index in [0.29, 0.717) is 11.3 Å². The minimum Gasteiger partial charge on any atom is -0.478 e. The van der Waals surface area contributed by atoms with E-state index < -0.39 is 11.9 Å². The summed E-state index contributed by atoms with van der Waals surface area (Å²) in [5, 5.41) is 12.6. The van der Waals surface area contributed by atoms with E-state index in [1.54, 1.807) is 12.1 Å². The van der Waals surface area contributed by atoms with Gasteiger partial charge in [-0.05, 0) is 58.0 Å². The van der Waals surface area contributed by atoms with Crippen LogP contribution >= 0.6 is 0 Å². The van der Waals surface area contributed by atoms with Crippen molar-refractivity contribution in [2.45, 2.75) is 6.42 Å². The van der Waals surface area contributed by atoms with Crippen molar-refractivity contribution in [3.05, 3.63) is 113 Å². The van der Waals surface area contributed by atoms with Crippen LogP contribution < -0.4 is 5.32 Å². The Kier molecular flexibility index (Phi) is 4.60. The number of anilines is 1. The fourth-order valence-corrected chi connectivity index (χ4v) is 4.25. The van der Waals surface area contributed by atoms with Crippen LogP contribution in [0.1, 0.15) is 31.8 Å². The number of rotatable bonds is 4. The molecule has 4 nitrogen and oxygen atoms in total. The maximum absolute atomic E-state index is 13.3. The van der Waals surface area contributed by atoms with Gasteiger partial charge in [-0.1, -0.05) is 72.8 Å². The van der Waals surface area contributed by atoms with Gasteiger partial charge in [0.1, 0.15) is 0 Å². The predicted octanol–water partition coefficient (Wildman–Crippen LogP) is 5.88. The van der Waals surface area contributed by atoms with Crippen molar-refractivity contribution in [3.63, 3.8) is 0 Å². The van der Waals surface area contributed by atoms with Crippen LogP contribution in [0.5, 0.6) is 0 Å².